The van der Waals surface area contributed by atoms with E-state index in [9.17, 15) is 0 Å². The molecule has 0 unspecified atom stereocenters. The van der Waals surface area contributed by atoms with Crippen LogP contribution in [0.25, 0.3) is 0 Å². The molecule has 2 aromatic carbocycles. The Morgan fingerprint density at radius 3 is 2.52 bits per heavy atom. The third kappa shape index (κ3) is 4.45. The van der Waals surface area contributed by atoms with Gasteiger partial charge in [-0.05, 0) is 68.4 Å². The maximum Gasteiger partial charge on any atom is 0.175 e. The van der Waals surface area contributed by atoms with Gasteiger partial charge in [-0.2, -0.15) is 5.10 Å². The number of thiocarbonyl (C=S) groups is 1. The number of hydrogen-bond acceptors (Lipinski definition) is 2. The summed E-state index contributed by atoms with van der Waals surface area (Å²) in [6.07, 6.45) is 0. The van der Waals surface area contributed by atoms with Crippen molar-refractivity contribution in [2.24, 2.45) is 0 Å². The number of aromatic nitrogens is 2. The van der Waals surface area contributed by atoms with Crippen LogP contribution in [0.15, 0.2) is 54.6 Å². The Morgan fingerprint density at radius 1 is 1.00 bits per heavy atom. The van der Waals surface area contributed by atoms with Gasteiger partial charge in [0.2, 0.25) is 0 Å². The molecule has 1 heterocycles. The third-order valence-electron chi connectivity index (χ3n) is 4.01. The normalized spacial score (nSPS) is 10.5. The van der Waals surface area contributed by atoms with Crippen molar-refractivity contribution in [3.8, 4) is 0 Å². The summed E-state index contributed by atoms with van der Waals surface area (Å²) < 4.78 is 2.01. The molecule has 0 saturated carbocycles. The fourth-order valence-corrected chi connectivity index (χ4v) is 2.98. The minimum Gasteiger partial charge on any atom is -0.332 e. The summed E-state index contributed by atoms with van der Waals surface area (Å²) in [4.78, 5) is 0. The molecule has 3 aromatic rings. The van der Waals surface area contributed by atoms with E-state index in [0.717, 1.165) is 34.9 Å². The Balaban J connectivity index is 1.68. The number of aryl methyl sites for hydroxylation is 3. The Labute approximate surface area is 153 Å². The van der Waals surface area contributed by atoms with Crippen LogP contribution in [0, 0.1) is 20.8 Å². The summed E-state index contributed by atoms with van der Waals surface area (Å²) in [5.74, 6) is 0. The van der Waals surface area contributed by atoms with E-state index >= 15 is 0 Å². The smallest absolute Gasteiger partial charge is 0.175 e. The van der Waals surface area contributed by atoms with Crippen LogP contribution in [-0.4, -0.2) is 14.9 Å². The SMILES string of the molecule is Cc1cc(C)n(Cc2cccc(NC(=S)Nc3ccccc3C)c2)n1. The number of hydrogen-bond donors (Lipinski definition) is 2. The summed E-state index contributed by atoms with van der Waals surface area (Å²) >= 11 is 5.43. The molecule has 4 nitrogen and oxygen atoms in total. The van der Waals surface area contributed by atoms with Crippen molar-refractivity contribution in [3.05, 3.63) is 77.1 Å². The van der Waals surface area contributed by atoms with Crippen LogP contribution >= 0.6 is 12.2 Å². The number of benzene rings is 2. The van der Waals surface area contributed by atoms with Gasteiger partial charge in [0.25, 0.3) is 0 Å². The first-order valence-corrected chi connectivity index (χ1v) is 8.66. The summed E-state index contributed by atoms with van der Waals surface area (Å²) in [5.41, 5.74) is 6.51. The van der Waals surface area contributed by atoms with Crippen molar-refractivity contribution in [1.82, 2.24) is 9.78 Å². The van der Waals surface area contributed by atoms with Crippen LogP contribution in [-0.2, 0) is 6.54 Å². The molecule has 5 heteroatoms. The lowest BCUT2D eigenvalue weighted by Gasteiger charge is -2.13. The third-order valence-corrected chi connectivity index (χ3v) is 4.22. The van der Waals surface area contributed by atoms with Crippen LogP contribution in [0.2, 0.25) is 0 Å². The van der Waals surface area contributed by atoms with Crippen molar-refractivity contribution in [2.75, 3.05) is 10.6 Å². The van der Waals surface area contributed by atoms with E-state index in [1.54, 1.807) is 0 Å². The van der Waals surface area contributed by atoms with Crippen LogP contribution in [0.4, 0.5) is 11.4 Å². The van der Waals surface area contributed by atoms with E-state index in [-0.39, 0.29) is 0 Å². The fraction of sp³-hybridized carbons (Fsp3) is 0.200. The molecular weight excluding hydrogens is 328 g/mol. The highest BCUT2D eigenvalue weighted by Crippen LogP contribution is 2.16. The molecular formula is C20H22N4S. The van der Waals surface area contributed by atoms with Gasteiger partial charge in [0, 0.05) is 17.1 Å². The van der Waals surface area contributed by atoms with Crippen molar-refractivity contribution >= 4 is 28.7 Å². The molecule has 0 spiro atoms. The van der Waals surface area contributed by atoms with E-state index in [0.29, 0.717) is 5.11 Å². The molecule has 0 atom stereocenters. The van der Waals surface area contributed by atoms with Gasteiger partial charge in [0.05, 0.1) is 12.2 Å². The first-order valence-electron chi connectivity index (χ1n) is 8.25. The zero-order chi connectivity index (χ0) is 17.8. The largest absolute Gasteiger partial charge is 0.332 e. The van der Waals surface area contributed by atoms with Gasteiger partial charge in [-0.15, -0.1) is 0 Å². The molecule has 0 radical (unpaired) electrons. The zero-order valence-electron chi connectivity index (χ0n) is 14.7. The molecule has 2 N–H and O–H groups in total. The Morgan fingerprint density at radius 2 is 1.80 bits per heavy atom. The Kier molecular flexibility index (Phi) is 5.14. The lowest BCUT2D eigenvalue weighted by molar-refractivity contribution is 0.659. The first kappa shape index (κ1) is 17.2. The van der Waals surface area contributed by atoms with E-state index in [1.165, 1.54) is 5.56 Å². The maximum atomic E-state index is 5.43. The van der Waals surface area contributed by atoms with Crippen molar-refractivity contribution in [2.45, 2.75) is 27.3 Å². The topological polar surface area (TPSA) is 41.9 Å². The predicted molar refractivity (Wildman–Crippen MR) is 108 cm³/mol. The van der Waals surface area contributed by atoms with E-state index in [1.807, 2.05) is 41.9 Å². The zero-order valence-corrected chi connectivity index (χ0v) is 15.5. The average molecular weight is 350 g/mol. The highest BCUT2D eigenvalue weighted by Gasteiger charge is 2.05. The lowest BCUT2D eigenvalue weighted by atomic mass is 10.2. The van der Waals surface area contributed by atoms with Gasteiger partial charge < -0.3 is 10.6 Å². The monoisotopic (exact) mass is 350 g/mol. The molecule has 128 valence electrons. The van der Waals surface area contributed by atoms with Crippen LogP contribution in [0.3, 0.4) is 0 Å². The number of anilines is 2. The van der Waals surface area contributed by atoms with Gasteiger partial charge >= 0.3 is 0 Å². The van der Waals surface area contributed by atoms with E-state index < -0.39 is 0 Å². The maximum absolute atomic E-state index is 5.43. The lowest BCUT2D eigenvalue weighted by Crippen LogP contribution is -2.19. The van der Waals surface area contributed by atoms with E-state index in [2.05, 4.69) is 53.8 Å². The van der Waals surface area contributed by atoms with Crippen LogP contribution in [0.5, 0.6) is 0 Å². The van der Waals surface area contributed by atoms with Gasteiger partial charge in [0.1, 0.15) is 0 Å². The standard InChI is InChI=1S/C20H22N4S/c1-14-7-4-5-10-19(14)22-20(25)21-18-9-6-8-17(12-18)13-24-16(3)11-15(2)23-24/h4-12H,13H2,1-3H3,(H2,21,22,25). The molecule has 1 aromatic heterocycles. The second-order valence-electron chi connectivity index (χ2n) is 6.18. The second-order valence-corrected chi connectivity index (χ2v) is 6.59. The highest BCUT2D eigenvalue weighted by molar-refractivity contribution is 7.80. The minimum absolute atomic E-state index is 0.581. The second kappa shape index (κ2) is 7.49. The van der Waals surface area contributed by atoms with Crippen molar-refractivity contribution in [1.29, 1.82) is 0 Å². The van der Waals surface area contributed by atoms with Gasteiger partial charge in [-0.3, -0.25) is 4.68 Å². The Hall–Kier alpha value is -2.66. The summed E-state index contributed by atoms with van der Waals surface area (Å²) in [6, 6.07) is 18.4. The average Bonchev–Trinajstić information content (AvgIpc) is 2.87. The quantitative estimate of drug-likeness (QED) is 0.671. The summed E-state index contributed by atoms with van der Waals surface area (Å²) in [7, 11) is 0. The molecule has 25 heavy (non-hydrogen) atoms. The summed E-state index contributed by atoms with van der Waals surface area (Å²) in [5, 5.41) is 11.6. The number of nitrogens with zero attached hydrogens (tertiary/aromatic N) is 2. The minimum atomic E-state index is 0.581. The molecule has 0 saturated heterocycles. The predicted octanol–water partition coefficient (Wildman–Crippen LogP) is 4.67. The van der Waals surface area contributed by atoms with Crippen molar-refractivity contribution in [3.63, 3.8) is 0 Å². The van der Waals surface area contributed by atoms with Gasteiger partial charge in [-0.25, -0.2) is 0 Å². The van der Waals surface area contributed by atoms with Crippen molar-refractivity contribution < 1.29 is 0 Å². The van der Waals surface area contributed by atoms with Crippen LogP contribution < -0.4 is 10.6 Å². The molecule has 0 aliphatic carbocycles. The highest BCUT2D eigenvalue weighted by atomic mass is 32.1. The van der Waals surface area contributed by atoms with E-state index in [4.69, 9.17) is 12.2 Å². The first-order chi connectivity index (χ1) is 12.0. The molecule has 3 rings (SSSR count). The van der Waals surface area contributed by atoms with Gasteiger partial charge in [0.15, 0.2) is 5.11 Å². The molecule has 0 bridgehead atoms. The number of nitrogens with one attached hydrogen (secondary N) is 2. The molecule has 0 fully saturated rings. The molecule has 0 aliphatic rings. The number of para-hydroxylation sites is 1. The van der Waals surface area contributed by atoms with Gasteiger partial charge in [-0.1, -0.05) is 30.3 Å². The van der Waals surface area contributed by atoms with Crippen LogP contribution in [0.1, 0.15) is 22.5 Å². The number of rotatable bonds is 4. The molecule has 0 aliphatic heterocycles. The Bertz CT molecular complexity index is 898. The fourth-order valence-electron chi connectivity index (χ4n) is 2.75. The summed E-state index contributed by atoms with van der Waals surface area (Å²) in [6.45, 7) is 6.88. The molecule has 0 amide bonds.